The van der Waals surface area contributed by atoms with E-state index in [9.17, 15) is 24.6 Å². The molecule has 2 saturated heterocycles. The summed E-state index contributed by atoms with van der Waals surface area (Å²) in [5.41, 5.74) is 4.62. The number of ether oxygens (including phenoxy) is 2. The molecule has 6 aliphatic rings. The molecule has 6 fully saturated rings. The van der Waals surface area contributed by atoms with E-state index in [1.54, 1.807) is 0 Å². The molecule has 47 heavy (non-hydrogen) atoms. The topological polar surface area (TPSA) is 156 Å². The summed E-state index contributed by atoms with van der Waals surface area (Å²) in [6, 6.07) is 0. The highest BCUT2D eigenvalue weighted by Gasteiger charge is 2.87. The van der Waals surface area contributed by atoms with Gasteiger partial charge >= 0.3 is 5.97 Å². The number of esters is 1. The summed E-state index contributed by atoms with van der Waals surface area (Å²) >= 11 is 0. The number of hydrogen-bond donors (Lipinski definition) is 4. The first-order chi connectivity index (χ1) is 22.7. The maximum absolute atomic E-state index is 14.3. The standard InChI is InChI=1S/C38H60N2O7/c1-25(21-36(17-8-3-9-18-36)28-16-19-40-32(39)20-28)27(23-41)22-37-33(43)30-12-6-7-13-31(30)34(44)38(37,47-37)35(45)46-24-29(42)15-14-26-10-4-2-5-11-26/h26,28-32,40-42H,2-24,39H2,1H3/p+1. The maximum atomic E-state index is 14.3. The molecule has 4 saturated carbocycles. The van der Waals surface area contributed by atoms with Gasteiger partial charge in [-0.1, -0.05) is 69.8 Å². The van der Waals surface area contributed by atoms with Gasteiger partial charge in [0.05, 0.1) is 19.3 Å². The van der Waals surface area contributed by atoms with Crippen LogP contribution in [-0.2, 0) is 23.9 Å². The van der Waals surface area contributed by atoms with Crippen LogP contribution in [0.5, 0.6) is 0 Å². The Morgan fingerprint density at radius 3 is 2.30 bits per heavy atom. The molecule has 2 heterocycles. The quantitative estimate of drug-likeness (QED) is 0.106. The molecule has 0 radical (unpaired) electrons. The zero-order chi connectivity index (χ0) is 33.2. The second kappa shape index (κ2) is 14.7. The molecular weight excluding hydrogens is 596 g/mol. The number of aliphatic hydroxyl groups excluding tert-OH is 2. The monoisotopic (exact) mass is 657 g/mol. The van der Waals surface area contributed by atoms with Gasteiger partial charge in [-0.25, -0.2) is 4.79 Å². The van der Waals surface area contributed by atoms with Gasteiger partial charge in [0, 0.05) is 31.1 Å². The SMILES string of the molecule is CC(CC1(C2CC[NH2+]C(N)C2)CCCCC1)=C(CO)CC12OC1(C(=O)OCC(O)CCC1CCCCC1)C(=O)C1CCCCC1C2=O. The molecule has 0 aromatic heterocycles. The molecule has 6 N–H and O–H groups in total. The van der Waals surface area contributed by atoms with E-state index in [4.69, 9.17) is 15.2 Å². The summed E-state index contributed by atoms with van der Waals surface area (Å²) in [5, 5.41) is 23.8. The number of hydrogen-bond acceptors (Lipinski definition) is 8. The zero-order valence-electron chi connectivity index (χ0n) is 28.8. The fraction of sp³-hybridized carbons (Fsp3) is 0.868. The minimum Gasteiger partial charge on any atom is -0.460 e. The molecule has 0 aromatic rings. The van der Waals surface area contributed by atoms with Crippen LogP contribution in [0.1, 0.15) is 135 Å². The molecule has 0 spiro atoms. The van der Waals surface area contributed by atoms with Gasteiger partial charge in [-0.05, 0) is 74.7 Å². The summed E-state index contributed by atoms with van der Waals surface area (Å²) in [6.45, 7) is 2.61. The molecule has 9 heteroatoms. The predicted octanol–water partition coefficient (Wildman–Crippen LogP) is 4.01. The highest BCUT2D eigenvalue weighted by molar-refractivity contribution is 6.23. The molecule has 7 unspecified atom stereocenters. The number of aliphatic hydroxyl groups is 2. The van der Waals surface area contributed by atoms with Crippen molar-refractivity contribution in [2.24, 2.45) is 34.8 Å². The maximum Gasteiger partial charge on any atom is 0.350 e. The minimum absolute atomic E-state index is 0.0243. The van der Waals surface area contributed by atoms with Crippen molar-refractivity contribution in [3.05, 3.63) is 11.1 Å². The van der Waals surface area contributed by atoms with Gasteiger partial charge in [0.2, 0.25) is 0 Å². The Morgan fingerprint density at radius 1 is 0.957 bits per heavy atom. The van der Waals surface area contributed by atoms with E-state index in [2.05, 4.69) is 12.2 Å². The van der Waals surface area contributed by atoms with E-state index < -0.39 is 35.1 Å². The van der Waals surface area contributed by atoms with Gasteiger partial charge in [-0.3, -0.25) is 15.3 Å². The van der Waals surface area contributed by atoms with Crippen LogP contribution >= 0.6 is 0 Å². The third-order valence-corrected chi connectivity index (χ3v) is 13.5. The number of quaternary nitrogens is 1. The summed E-state index contributed by atoms with van der Waals surface area (Å²) in [5.74, 6) is -1.27. The lowest BCUT2D eigenvalue weighted by atomic mass is 9.59. The van der Waals surface area contributed by atoms with E-state index in [0.29, 0.717) is 36.7 Å². The Morgan fingerprint density at radius 2 is 1.62 bits per heavy atom. The number of carbonyl (C=O) groups excluding carboxylic acids is 3. The van der Waals surface area contributed by atoms with Crippen molar-refractivity contribution in [2.45, 2.75) is 159 Å². The Balaban J connectivity index is 1.22. The first-order valence-corrected chi connectivity index (χ1v) is 19.2. The third kappa shape index (κ3) is 6.78. The van der Waals surface area contributed by atoms with E-state index in [0.717, 1.165) is 63.5 Å². The van der Waals surface area contributed by atoms with E-state index in [1.807, 2.05) is 0 Å². The molecule has 4 aliphatic carbocycles. The number of Topliss-reactive ketones (excluding diaryl/α,β-unsaturated/α-hetero) is 2. The lowest BCUT2D eigenvalue weighted by Gasteiger charge is -2.46. The van der Waals surface area contributed by atoms with Crippen LogP contribution in [0.2, 0.25) is 0 Å². The van der Waals surface area contributed by atoms with E-state index in [1.165, 1.54) is 51.4 Å². The van der Waals surface area contributed by atoms with Crippen molar-refractivity contribution in [1.29, 1.82) is 0 Å². The Bertz CT molecular complexity index is 1190. The molecule has 6 rings (SSSR count). The van der Waals surface area contributed by atoms with Gasteiger partial charge in [-0.2, -0.15) is 0 Å². The van der Waals surface area contributed by atoms with Crippen LogP contribution < -0.4 is 11.1 Å². The molecule has 7 atom stereocenters. The summed E-state index contributed by atoms with van der Waals surface area (Å²) in [4.78, 5) is 42.5. The fourth-order valence-corrected chi connectivity index (χ4v) is 10.7. The second-order valence-corrected chi connectivity index (χ2v) is 16.4. The van der Waals surface area contributed by atoms with Crippen LogP contribution in [-0.4, -0.2) is 71.0 Å². The average Bonchev–Trinajstić information content (AvgIpc) is 3.80. The Kier molecular flexibility index (Phi) is 11.0. The molecule has 9 nitrogen and oxygen atoms in total. The van der Waals surface area contributed by atoms with Gasteiger partial charge < -0.3 is 25.0 Å². The second-order valence-electron chi connectivity index (χ2n) is 16.4. The van der Waals surface area contributed by atoms with Crippen molar-refractivity contribution in [3.8, 4) is 0 Å². The molecule has 0 bridgehead atoms. The van der Waals surface area contributed by atoms with Crippen molar-refractivity contribution in [2.75, 3.05) is 19.8 Å². The number of allylic oxidation sites excluding steroid dienone is 1. The number of nitrogens with two attached hydrogens (primary N) is 2. The normalized spacial score (nSPS) is 36.9. The lowest BCUT2D eigenvalue weighted by molar-refractivity contribution is -0.700. The summed E-state index contributed by atoms with van der Waals surface area (Å²) in [7, 11) is 0. The molecule has 0 amide bonds. The first-order valence-electron chi connectivity index (χ1n) is 19.2. The zero-order valence-corrected chi connectivity index (χ0v) is 28.8. The third-order valence-electron chi connectivity index (χ3n) is 13.5. The predicted molar refractivity (Wildman–Crippen MR) is 177 cm³/mol. The number of epoxide rings is 1. The number of carbonyl (C=O) groups is 3. The van der Waals surface area contributed by atoms with Crippen molar-refractivity contribution < 1.29 is 39.4 Å². The minimum atomic E-state index is -1.99. The number of piperidine rings is 1. The van der Waals surface area contributed by atoms with Crippen LogP contribution in [0, 0.1) is 29.1 Å². The van der Waals surface area contributed by atoms with E-state index >= 15 is 0 Å². The Labute approximate surface area is 281 Å². The molecule has 2 aliphatic heterocycles. The van der Waals surface area contributed by atoms with Crippen LogP contribution in [0.3, 0.4) is 0 Å². The highest BCUT2D eigenvalue weighted by Crippen LogP contribution is 2.62. The number of rotatable bonds is 12. The smallest absolute Gasteiger partial charge is 0.350 e. The molecular formula is C38H61N2O7+. The lowest BCUT2D eigenvalue weighted by Crippen LogP contribution is -2.95. The highest BCUT2D eigenvalue weighted by atomic mass is 16.7. The summed E-state index contributed by atoms with van der Waals surface area (Å²) < 4.78 is 11.9. The summed E-state index contributed by atoms with van der Waals surface area (Å²) in [6.07, 6.45) is 18.5. The van der Waals surface area contributed by atoms with Crippen LogP contribution in [0.15, 0.2) is 11.1 Å². The molecule has 0 aromatic carbocycles. The van der Waals surface area contributed by atoms with Crippen molar-refractivity contribution >= 4 is 17.5 Å². The molecule has 264 valence electrons. The fourth-order valence-electron chi connectivity index (χ4n) is 10.7. The van der Waals surface area contributed by atoms with Gasteiger partial charge in [-0.15, -0.1) is 0 Å². The van der Waals surface area contributed by atoms with Gasteiger partial charge in [0.1, 0.15) is 12.8 Å². The first kappa shape index (κ1) is 35.2. The number of fused-ring (bicyclic) bond motifs is 2. The van der Waals surface area contributed by atoms with Gasteiger partial charge in [0.25, 0.3) is 5.60 Å². The Hall–Kier alpha value is -1.65. The average molecular weight is 658 g/mol. The van der Waals surface area contributed by atoms with Crippen LogP contribution in [0.4, 0.5) is 0 Å². The largest absolute Gasteiger partial charge is 0.460 e. The van der Waals surface area contributed by atoms with Gasteiger partial charge in [0.15, 0.2) is 17.2 Å². The van der Waals surface area contributed by atoms with Crippen LogP contribution in [0.25, 0.3) is 0 Å². The van der Waals surface area contributed by atoms with E-state index in [-0.39, 0.29) is 42.8 Å². The number of ketones is 2. The van der Waals surface area contributed by atoms with Crippen molar-refractivity contribution in [1.82, 2.24) is 0 Å². The van der Waals surface area contributed by atoms with Crippen molar-refractivity contribution in [3.63, 3.8) is 0 Å².